The van der Waals surface area contributed by atoms with Gasteiger partial charge in [0.1, 0.15) is 48.8 Å². The number of rotatable bonds is 8. The lowest BCUT2D eigenvalue weighted by atomic mass is 9.82. The first kappa shape index (κ1) is 36.6. The van der Waals surface area contributed by atoms with Crippen molar-refractivity contribution in [3.8, 4) is 0 Å². The van der Waals surface area contributed by atoms with E-state index < -0.39 is 141 Å². The third-order valence-corrected chi connectivity index (χ3v) is 10.8. The predicted molar refractivity (Wildman–Crippen MR) is 152 cm³/mol. The van der Waals surface area contributed by atoms with Crippen molar-refractivity contribution in [3.05, 3.63) is 12.3 Å². The molecule has 21 atom stereocenters. The monoisotopic (exact) mass is 696 g/mol. The Balaban J connectivity index is 1.14. The van der Waals surface area contributed by atoms with E-state index in [0.29, 0.717) is 0 Å². The molecule has 276 valence electrons. The molecule has 48 heavy (non-hydrogen) atoms. The lowest BCUT2D eigenvalue weighted by Gasteiger charge is -2.47. The Labute approximate surface area is 275 Å². The van der Waals surface area contributed by atoms with Crippen LogP contribution in [0.3, 0.4) is 0 Å². The summed E-state index contributed by atoms with van der Waals surface area (Å²) >= 11 is 0. The van der Waals surface area contributed by atoms with Crippen LogP contribution in [-0.4, -0.2) is 173 Å². The van der Waals surface area contributed by atoms with Crippen LogP contribution in [0.2, 0.25) is 0 Å². The van der Waals surface area contributed by atoms with Crippen molar-refractivity contribution in [1.29, 1.82) is 0 Å². The molecule has 4 heterocycles. The second-order valence-electron chi connectivity index (χ2n) is 14.4. The molecule has 18 nitrogen and oxygen atoms in total. The van der Waals surface area contributed by atoms with Crippen LogP contribution >= 0.6 is 0 Å². The van der Waals surface area contributed by atoms with E-state index in [1.807, 2.05) is 0 Å². The molecule has 3 saturated heterocycles. The van der Waals surface area contributed by atoms with Crippen LogP contribution in [0, 0.1) is 23.7 Å². The Morgan fingerprint density at radius 3 is 1.88 bits per heavy atom. The van der Waals surface area contributed by atoms with Gasteiger partial charge >= 0.3 is 0 Å². The van der Waals surface area contributed by atoms with Gasteiger partial charge in [-0.25, -0.2) is 0 Å². The molecule has 0 spiro atoms. The summed E-state index contributed by atoms with van der Waals surface area (Å²) in [7, 11) is 0. The summed E-state index contributed by atoms with van der Waals surface area (Å²) in [5.74, 6) is -2.78. The van der Waals surface area contributed by atoms with E-state index in [1.54, 1.807) is 6.08 Å². The zero-order valence-electron chi connectivity index (χ0n) is 26.4. The average Bonchev–Trinajstić information content (AvgIpc) is 3.42. The number of hydrogen-bond acceptors (Lipinski definition) is 18. The molecular formula is C30H48O18. The Morgan fingerprint density at radius 1 is 0.667 bits per heavy atom. The second kappa shape index (κ2) is 13.8. The highest BCUT2D eigenvalue weighted by molar-refractivity contribution is 5.10. The third-order valence-electron chi connectivity index (χ3n) is 10.8. The standard InChI is InChI=1S/C30H48O18/c1-29(40)6-12(32)10-3-4-42-25(17(10)29)47-28-24(39)22(37)20(35)15(45-28)9-43-16-5-11-13(33)7-30(2,41)18(11)26(46-16)48-27-23(38)21(36)19(34)14(8-31)44-27/h3-4,10-28,31-41H,5-9H2,1-2H3/t10-,11+,12+,13-,14+,15+,16-,17+,18-,19+,20+,21-,22-,23+,24+,25-,26+,27-,28-,29-,30+/m0/s1. The SMILES string of the molecule is C[C@]1(O)C[C@@H](O)[C@@H]2C=CO[C@@H](O[C@@H]3O[C@H](CO[C@@H]4C[C@H]5[C@@H]([C@@H](O[C@@H]6O[C@H](CO)[C@@H](O)[C@H](O)[C@H]6O)O4)[C@](C)(O)C[C@@H]5O)[C@@H](O)[C@H](O)[C@H]3O)[C@@H]21. The van der Waals surface area contributed by atoms with E-state index in [9.17, 15) is 56.2 Å². The molecule has 2 aliphatic carbocycles. The first-order chi connectivity index (χ1) is 22.5. The minimum Gasteiger partial charge on any atom is -0.472 e. The van der Waals surface area contributed by atoms with Gasteiger partial charge in [-0.2, -0.15) is 0 Å². The summed E-state index contributed by atoms with van der Waals surface area (Å²) in [6, 6.07) is 0. The van der Waals surface area contributed by atoms with Crippen LogP contribution < -0.4 is 0 Å². The molecule has 18 heteroatoms. The van der Waals surface area contributed by atoms with Gasteiger partial charge < -0.3 is 89.3 Å². The molecule has 0 unspecified atom stereocenters. The van der Waals surface area contributed by atoms with Gasteiger partial charge in [-0.15, -0.1) is 0 Å². The highest BCUT2D eigenvalue weighted by Crippen LogP contribution is 2.50. The van der Waals surface area contributed by atoms with Crippen LogP contribution in [0.5, 0.6) is 0 Å². The van der Waals surface area contributed by atoms with Gasteiger partial charge in [0, 0.05) is 37.0 Å². The van der Waals surface area contributed by atoms with Crippen LogP contribution in [0.25, 0.3) is 0 Å². The molecule has 5 fully saturated rings. The number of ether oxygens (including phenoxy) is 7. The lowest BCUT2D eigenvalue weighted by Crippen LogP contribution is -2.62. The normalized spacial score (nSPS) is 56.8. The zero-order valence-corrected chi connectivity index (χ0v) is 26.4. The highest BCUT2D eigenvalue weighted by atomic mass is 16.8. The number of hydrogen-bond donors (Lipinski definition) is 11. The number of fused-ring (bicyclic) bond motifs is 2. The van der Waals surface area contributed by atoms with Crippen molar-refractivity contribution in [1.82, 2.24) is 0 Å². The third kappa shape index (κ3) is 6.66. The second-order valence-corrected chi connectivity index (χ2v) is 14.4. The number of aliphatic hydroxyl groups is 11. The molecular weight excluding hydrogens is 648 g/mol. The topological polar surface area (TPSA) is 287 Å². The summed E-state index contributed by atoms with van der Waals surface area (Å²) in [5, 5.41) is 116. The van der Waals surface area contributed by atoms with Gasteiger partial charge in [-0.1, -0.05) is 0 Å². The number of aliphatic hydroxyl groups excluding tert-OH is 9. The van der Waals surface area contributed by atoms with Gasteiger partial charge in [0.25, 0.3) is 0 Å². The molecule has 11 N–H and O–H groups in total. The Hall–Kier alpha value is -1.14. The van der Waals surface area contributed by atoms with E-state index in [1.165, 1.54) is 20.1 Å². The quantitative estimate of drug-likeness (QED) is 0.113. The maximum atomic E-state index is 11.1. The Bertz CT molecular complexity index is 1140. The van der Waals surface area contributed by atoms with Gasteiger partial charge in [0.2, 0.25) is 6.29 Å². The minimum absolute atomic E-state index is 0.0349. The zero-order chi connectivity index (χ0) is 34.9. The van der Waals surface area contributed by atoms with Crippen molar-refractivity contribution in [2.45, 2.75) is 137 Å². The van der Waals surface area contributed by atoms with Gasteiger partial charge in [0.15, 0.2) is 25.2 Å². The average molecular weight is 697 g/mol. The molecule has 6 aliphatic rings. The predicted octanol–water partition coefficient (Wildman–Crippen LogP) is -4.92. The molecule has 4 aliphatic heterocycles. The largest absolute Gasteiger partial charge is 0.472 e. The van der Waals surface area contributed by atoms with Crippen molar-refractivity contribution in [2.24, 2.45) is 23.7 Å². The maximum Gasteiger partial charge on any atom is 0.207 e. The summed E-state index contributed by atoms with van der Waals surface area (Å²) in [6.45, 7) is 1.86. The molecule has 0 bridgehead atoms. The highest BCUT2D eigenvalue weighted by Gasteiger charge is 2.60. The Morgan fingerprint density at radius 2 is 1.23 bits per heavy atom. The fraction of sp³-hybridized carbons (Fsp3) is 0.933. The fourth-order valence-electron chi connectivity index (χ4n) is 8.25. The Kier molecular flexibility index (Phi) is 10.5. The summed E-state index contributed by atoms with van der Waals surface area (Å²) in [4.78, 5) is 0. The van der Waals surface area contributed by atoms with E-state index in [4.69, 9.17) is 33.2 Å². The van der Waals surface area contributed by atoms with Gasteiger partial charge in [0.05, 0.1) is 48.8 Å². The maximum absolute atomic E-state index is 11.1. The molecule has 2 saturated carbocycles. The van der Waals surface area contributed by atoms with Crippen molar-refractivity contribution >= 4 is 0 Å². The molecule has 6 rings (SSSR count). The molecule has 0 aromatic rings. The van der Waals surface area contributed by atoms with E-state index in [2.05, 4.69) is 0 Å². The van der Waals surface area contributed by atoms with Crippen LogP contribution in [0.4, 0.5) is 0 Å². The summed E-state index contributed by atoms with van der Waals surface area (Å²) < 4.78 is 40.5. The summed E-state index contributed by atoms with van der Waals surface area (Å²) in [6.07, 6.45) is -18.8. The molecule has 0 aromatic heterocycles. The van der Waals surface area contributed by atoms with Crippen molar-refractivity contribution in [2.75, 3.05) is 13.2 Å². The molecule has 0 amide bonds. The first-order valence-corrected chi connectivity index (χ1v) is 16.2. The van der Waals surface area contributed by atoms with E-state index in [0.717, 1.165) is 0 Å². The lowest BCUT2D eigenvalue weighted by molar-refractivity contribution is -0.388. The first-order valence-electron chi connectivity index (χ1n) is 16.2. The summed E-state index contributed by atoms with van der Waals surface area (Å²) in [5.41, 5.74) is -2.89. The van der Waals surface area contributed by atoms with Crippen molar-refractivity contribution < 1.29 is 89.3 Å². The fourth-order valence-corrected chi connectivity index (χ4v) is 8.25. The van der Waals surface area contributed by atoms with E-state index in [-0.39, 0.29) is 19.3 Å². The van der Waals surface area contributed by atoms with Crippen molar-refractivity contribution in [3.63, 3.8) is 0 Å². The van der Waals surface area contributed by atoms with Gasteiger partial charge in [-0.05, 0) is 19.9 Å². The molecule has 0 radical (unpaired) electrons. The van der Waals surface area contributed by atoms with Crippen LogP contribution in [0.1, 0.15) is 33.1 Å². The van der Waals surface area contributed by atoms with Gasteiger partial charge in [-0.3, -0.25) is 0 Å². The van der Waals surface area contributed by atoms with Crippen LogP contribution in [0.15, 0.2) is 12.3 Å². The smallest absolute Gasteiger partial charge is 0.207 e. The van der Waals surface area contributed by atoms with E-state index >= 15 is 0 Å². The van der Waals surface area contributed by atoms with Crippen LogP contribution in [-0.2, 0) is 33.2 Å². The minimum atomic E-state index is -1.77. The molecule has 0 aromatic carbocycles.